The number of benzene rings is 2. The summed E-state index contributed by atoms with van der Waals surface area (Å²) in [6.07, 6.45) is 0.118. The standard InChI is InChI=1S/C30H38N2O3S/c1-28(2,3)21-12-8-19(9-13-21)25-26(20-10-14-22(15-11-20)29(4,5)6)32-27(31-25)36-18-23-16-30(7,34)17-24(33)35-23/h8-15,23,34H,16-18H2,1-7H3,(H,31,32)/t23-,30?/m0/s1. The molecule has 2 N–H and O–H groups in total. The zero-order valence-corrected chi connectivity index (χ0v) is 23.3. The summed E-state index contributed by atoms with van der Waals surface area (Å²) >= 11 is 1.51. The van der Waals surface area contributed by atoms with E-state index in [0.717, 1.165) is 27.7 Å². The van der Waals surface area contributed by atoms with Crippen molar-refractivity contribution in [3.05, 3.63) is 59.7 Å². The normalized spacial score (nSPS) is 20.9. The Bertz CT molecular complexity index is 1140. The number of esters is 1. The Morgan fingerprint density at radius 3 is 2.00 bits per heavy atom. The van der Waals surface area contributed by atoms with E-state index >= 15 is 0 Å². The van der Waals surface area contributed by atoms with Crippen LogP contribution >= 0.6 is 11.8 Å². The number of ether oxygens (including phenoxy) is 1. The second-order valence-corrected chi connectivity index (χ2v) is 13.2. The van der Waals surface area contributed by atoms with Gasteiger partial charge in [-0.1, -0.05) is 102 Å². The second kappa shape index (κ2) is 9.71. The van der Waals surface area contributed by atoms with Crippen LogP contribution < -0.4 is 0 Å². The van der Waals surface area contributed by atoms with E-state index in [0.29, 0.717) is 12.2 Å². The number of cyclic esters (lactones) is 1. The minimum absolute atomic E-state index is 0.0400. The van der Waals surface area contributed by atoms with E-state index in [4.69, 9.17) is 9.72 Å². The summed E-state index contributed by atoms with van der Waals surface area (Å²) in [5, 5.41) is 11.1. The Hall–Kier alpha value is -2.57. The van der Waals surface area contributed by atoms with E-state index in [9.17, 15) is 9.90 Å². The number of nitrogens with one attached hydrogen (secondary N) is 1. The van der Waals surface area contributed by atoms with Gasteiger partial charge in [-0.2, -0.15) is 0 Å². The number of rotatable bonds is 5. The SMILES string of the molecule is CC1(O)CC(=O)O[C@H](CSc2nc(-c3ccc(C(C)(C)C)cc3)c(-c3ccc(C(C)(C)C)cc3)[nH]2)C1. The molecule has 192 valence electrons. The number of aliphatic hydroxyl groups is 1. The van der Waals surface area contributed by atoms with Crippen LogP contribution in [0.5, 0.6) is 0 Å². The molecule has 1 saturated heterocycles. The van der Waals surface area contributed by atoms with Gasteiger partial charge in [0.05, 0.1) is 23.4 Å². The van der Waals surface area contributed by atoms with Crippen LogP contribution in [0.3, 0.4) is 0 Å². The van der Waals surface area contributed by atoms with Crippen LogP contribution in [-0.4, -0.2) is 38.5 Å². The predicted molar refractivity (Wildman–Crippen MR) is 147 cm³/mol. The van der Waals surface area contributed by atoms with Gasteiger partial charge in [0.15, 0.2) is 5.16 Å². The van der Waals surface area contributed by atoms with Gasteiger partial charge in [-0.25, -0.2) is 4.98 Å². The minimum Gasteiger partial charge on any atom is -0.461 e. The molecule has 1 aliphatic heterocycles. The molecule has 0 saturated carbocycles. The summed E-state index contributed by atoms with van der Waals surface area (Å²) in [5.74, 6) is 0.177. The highest BCUT2D eigenvalue weighted by Gasteiger charge is 2.36. The third kappa shape index (κ3) is 6.22. The van der Waals surface area contributed by atoms with Gasteiger partial charge in [0.2, 0.25) is 0 Å². The molecule has 0 bridgehead atoms. The number of thioether (sulfide) groups is 1. The number of H-pyrrole nitrogens is 1. The van der Waals surface area contributed by atoms with Crippen molar-refractivity contribution in [3.63, 3.8) is 0 Å². The zero-order valence-electron chi connectivity index (χ0n) is 22.4. The first-order valence-corrected chi connectivity index (χ1v) is 13.6. The van der Waals surface area contributed by atoms with Gasteiger partial charge >= 0.3 is 5.97 Å². The topological polar surface area (TPSA) is 75.2 Å². The Kier molecular flexibility index (Phi) is 7.15. The third-order valence-corrected chi connectivity index (χ3v) is 7.65. The average Bonchev–Trinajstić information content (AvgIpc) is 3.20. The molecule has 1 aliphatic rings. The quantitative estimate of drug-likeness (QED) is 0.291. The Labute approximate surface area is 219 Å². The smallest absolute Gasteiger partial charge is 0.309 e. The number of aromatic amines is 1. The number of imidazole rings is 1. The minimum atomic E-state index is -1.02. The van der Waals surface area contributed by atoms with Crippen molar-refractivity contribution in [2.75, 3.05) is 5.75 Å². The summed E-state index contributed by atoms with van der Waals surface area (Å²) in [5.41, 5.74) is 5.68. The first-order valence-electron chi connectivity index (χ1n) is 12.6. The van der Waals surface area contributed by atoms with E-state index in [1.165, 1.54) is 22.9 Å². The van der Waals surface area contributed by atoms with Gasteiger partial charge in [-0.15, -0.1) is 0 Å². The van der Waals surface area contributed by atoms with Crippen LogP contribution in [0, 0.1) is 0 Å². The highest BCUT2D eigenvalue weighted by Crippen LogP contribution is 2.36. The fraction of sp³-hybridized carbons (Fsp3) is 0.467. The van der Waals surface area contributed by atoms with Gasteiger partial charge in [0, 0.05) is 23.3 Å². The number of hydrogen-bond donors (Lipinski definition) is 2. The van der Waals surface area contributed by atoms with E-state index in [1.54, 1.807) is 6.92 Å². The van der Waals surface area contributed by atoms with E-state index in [-0.39, 0.29) is 29.3 Å². The average molecular weight is 507 g/mol. The Balaban J connectivity index is 1.65. The number of nitrogens with zero attached hydrogens (tertiary/aromatic N) is 1. The lowest BCUT2D eigenvalue weighted by atomic mass is 9.86. The first-order chi connectivity index (χ1) is 16.7. The number of carbonyl (C=O) groups is 1. The molecule has 0 amide bonds. The van der Waals surface area contributed by atoms with Gasteiger partial charge in [0.1, 0.15) is 6.10 Å². The Morgan fingerprint density at radius 2 is 1.50 bits per heavy atom. The van der Waals surface area contributed by atoms with Crippen LogP contribution in [0.25, 0.3) is 22.5 Å². The van der Waals surface area contributed by atoms with Crippen molar-refractivity contribution in [1.29, 1.82) is 0 Å². The number of carbonyl (C=O) groups excluding carboxylic acids is 1. The van der Waals surface area contributed by atoms with Gasteiger partial charge < -0.3 is 14.8 Å². The maximum Gasteiger partial charge on any atom is 0.309 e. The largest absolute Gasteiger partial charge is 0.461 e. The molecule has 2 atom stereocenters. The van der Waals surface area contributed by atoms with Crippen LogP contribution in [0.15, 0.2) is 53.7 Å². The van der Waals surface area contributed by atoms with E-state index < -0.39 is 5.60 Å². The summed E-state index contributed by atoms with van der Waals surface area (Å²) in [7, 11) is 0. The monoisotopic (exact) mass is 506 g/mol. The molecular weight excluding hydrogens is 468 g/mol. The van der Waals surface area contributed by atoms with Crippen LogP contribution in [0.4, 0.5) is 0 Å². The number of aromatic nitrogens is 2. The molecule has 2 heterocycles. The third-order valence-electron chi connectivity index (χ3n) is 6.64. The van der Waals surface area contributed by atoms with Crippen molar-refractivity contribution in [3.8, 4) is 22.5 Å². The van der Waals surface area contributed by atoms with Crippen LogP contribution in [0.2, 0.25) is 0 Å². The van der Waals surface area contributed by atoms with Crippen LogP contribution in [0.1, 0.15) is 72.4 Å². The zero-order chi connectivity index (χ0) is 26.3. The van der Waals surface area contributed by atoms with E-state index in [1.807, 2.05) is 0 Å². The summed E-state index contributed by atoms with van der Waals surface area (Å²) in [6.45, 7) is 15.0. The lowest BCUT2D eigenvalue weighted by molar-refractivity contribution is -0.165. The molecule has 1 unspecified atom stereocenters. The van der Waals surface area contributed by atoms with E-state index in [2.05, 4.69) is 95.1 Å². The fourth-order valence-electron chi connectivity index (χ4n) is 4.51. The molecule has 3 aromatic rings. The highest BCUT2D eigenvalue weighted by atomic mass is 32.2. The number of hydrogen-bond acceptors (Lipinski definition) is 5. The lowest BCUT2D eigenvalue weighted by Gasteiger charge is -2.32. The highest BCUT2D eigenvalue weighted by molar-refractivity contribution is 7.99. The fourth-order valence-corrected chi connectivity index (χ4v) is 5.37. The summed E-state index contributed by atoms with van der Waals surface area (Å²) in [6, 6.07) is 17.3. The maximum absolute atomic E-state index is 11.9. The molecule has 36 heavy (non-hydrogen) atoms. The first kappa shape index (κ1) is 26.5. The Morgan fingerprint density at radius 1 is 0.972 bits per heavy atom. The van der Waals surface area contributed by atoms with Crippen molar-refractivity contribution in [2.24, 2.45) is 0 Å². The molecule has 1 aromatic heterocycles. The molecular formula is C30H38N2O3S. The van der Waals surface area contributed by atoms with Crippen molar-refractivity contribution >= 4 is 17.7 Å². The molecule has 0 spiro atoms. The van der Waals surface area contributed by atoms with Gasteiger partial charge in [0.25, 0.3) is 0 Å². The van der Waals surface area contributed by atoms with Gasteiger partial charge in [-0.3, -0.25) is 4.79 Å². The molecule has 1 fully saturated rings. The maximum atomic E-state index is 11.9. The molecule has 0 aliphatic carbocycles. The van der Waals surface area contributed by atoms with Crippen molar-refractivity contribution in [1.82, 2.24) is 9.97 Å². The van der Waals surface area contributed by atoms with Crippen molar-refractivity contribution in [2.45, 2.75) is 89.0 Å². The molecule has 0 radical (unpaired) electrons. The molecule has 2 aromatic carbocycles. The molecule has 4 rings (SSSR count). The second-order valence-electron chi connectivity index (χ2n) is 12.2. The van der Waals surface area contributed by atoms with Gasteiger partial charge in [-0.05, 0) is 28.9 Å². The van der Waals surface area contributed by atoms with Crippen molar-refractivity contribution < 1.29 is 14.6 Å². The molecule has 5 nitrogen and oxygen atoms in total. The van der Waals surface area contributed by atoms with Crippen LogP contribution in [-0.2, 0) is 20.4 Å². The predicted octanol–water partition coefficient (Wildman–Crippen LogP) is 6.89. The summed E-state index contributed by atoms with van der Waals surface area (Å²) in [4.78, 5) is 20.4. The molecule has 6 heteroatoms. The lowest BCUT2D eigenvalue weighted by Crippen LogP contribution is -2.41. The summed E-state index contributed by atoms with van der Waals surface area (Å²) < 4.78 is 5.48.